The van der Waals surface area contributed by atoms with Crippen molar-refractivity contribution in [3.8, 4) is 0 Å². The van der Waals surface area contributed by atoms with Gasteiger partial charge in [0, 0.05) is 23.4 Å². The Hall–Kier alpha value is -2.46. The molecule has 2 rings (SSSR count). The maximum absolute atomic E-state index is 12.2. The van der Waals surface area contributed by atoms with Gasteiger partial charge in [0.15, 0.2) is 5.78 Å². The molecule has 0 fully saturated rings. The Morgan fingerprint density at radius 1 is 1.10 bits per heavy atom. The van der Waals surface area contributed by atoms with Crippen LogP contribution in [0.15, 0.2) is 48.5 Å². The number of amides is 1. The van der Waals surface area contributed by atoms with Crippen molar-refractivity contribution in [3.05, 3.63) is 65.2 Å². The minimum atomic E-state index is -0.230. The SMILES string of the molecule is CC(=O)c1cccc(NC(=O)c2ccccc2CN)c1. The van der Waals surface area contributed by atoms with E-state index in [9.17, 15) is 9.59 Å². The predicted octanol–water partition coefficient (Wildman–Crippen LogP) is 2.60. The molecule has 0 saturated carbocycles. The molecule has 0 unspecified atom stereocenters. The summed E-state index contributed by atoms with van der Waals surface area (Å²) >= 11 is 0. The molecule has 0 heterocycles. The van der Waals surface area contributed by atoms with Gasteiger partial charge in [0.2, 0.25) is 0 Å². The Labute approximate surface area is 117 Å². The molecule has 2 aromatic rings. The van der Waals surface area contributed by atoms with Gasteiger partial charge in [-0.15, -0.1) is 0 Å². The number of anilines is 1. The highest BCUT2D eigenvalue weighted by molar-refractivity contribution is 6.06. The topological polar surface area (TPSA) is 72.2 Å². The number of carbonyl (C=O) groups excluding carboxylic acids is 2. The van der Waals surface area contributed by atoms with Crippen molar-refractivity contribution in [1.29, 1.82) is 0 Å². The molecule has 1 amide bonds. The van der Waals surface area contributed by atoms with Gasteiger partial charge in [0.25, 0.3) is 5.91 Å². The van der Waals surface area contributed by atoms with E-state index < -0.39 is 0 Å². The summed E-state index contributed by atoms with van der Waals surface area (Å²) in [7, 11) is 0. The maximum Gasteiger partial charge on any atom is 0.255 e. The molecule has 0 radical (unpaired) electrons. The highest BCUT2D eigenvalue weighted by Gasteiger charge is 2.10. The summed E-state index contributed by atoms with van der Waals surface area (Å²) in [5.41, 5.74) is 8.11. The van der Waals surface area contributed by atoms with Gasteiger partial charge in [-0.2, -0.15) is 0 Å². The van der Waals surface area contributed by atoms with Gasteiger partial charge in [-0.05, 0) is 30.7 Å². The lowest BCUT2D eigenvalue weighted by atomic mass is 10.1. The van der Waals surface area contributed by atoms with Crippen LogP contribution in [-0.2, 0) is 6.54 Å². The Kier molecular flexibility index (Phi) is 4.27. The fourth-order valence-corrected chi connectivity index (χ4v) is 1.93. The van der Waals surface area contributed by atoms with Crippen LogP contribution in [-0.4, -0.2) is 11.7 Å². The summed E-state index contributed by atoms with van der Waals surface area (Å²) in [5.74, 6) is -0.268. The van der Waals surface area contributed by atoms with Crippen LogP contribution in [0.3, 0.4) is 0 Å². The molecule has 4 heteroatoms. The second-order valence-electron chi connectivity index (χ2n) is 4.45. The van der Waals surface area contributed by atoms with Gasteiger partial charge >= 0.3 is 0 Å². The molecule has 0 saturated heterocycles. The highest BCUT2D eigenvalue weighted by atomic mass is 16.1. The average molecular weight is 268 g/mol. The van der Waals surface area contributed by atoms with Crippen LogP contribution in [0.25, 0.3) is 0 Å². The minimum Gasteiger partial charge on any atom is -0.326 e. The van der Waals surface area contributed by atoms with Gasteiger partial charge in [0.05, 0.1) is 0 Å². The van der Waals surface area contributed by atoms with Crippen LogP contribution >= 0.6 is 0 Å². The smallest absolute Gasteiger partial charge is 0.255 e. The van der Waals surface area contributed by atoms with Crippen LogP contribution in [0.4, 0.5) is 5.69 Å². The molecule has 0 spiro atoms. The monoisotopic (exact) mass is 268 g/mol. The first-order valence-electron chi connectivity index (χ1n) is 6.32. The molecule has 0 atom stereocenters. The molecular formula is C16H16N2O2. The fourth-order valence-electron chi connectivity index (χ4n) is 1.93. The number of nitrogens with two attached hydrogens (primary N) is 1. The van der Waals surface area contributed by atoms with E-state index in [1.54, 1.807) is 36.4 Å². The van der Waals surface area contributed by atoms with Crippen LogP contribution in [0.2, 0.25) is 0 Å². The molecule has 20 heavy (non-hydrogen) atoms. The predicted molar refractivity (Wildman–Crippen MR) is 78.7 cm³/mol. The summed E-state index contributed by atoms with van der Waals surface area (Å²) in [5, 5.41) is 2.78. The first-order chi connectivity index (χ1) is 9.61. The second kappa shape index (κ2) is 6.12. The van der Waals surface area contributed by atoms with Crippen molar-refractivity contribution in [1.82, 2.24) is 0 Å². The van der Waals surface area contributed by atoms with Crippen molar-refractivity contribution >= 4 is 17.4 Å². The lowest BCUT2D eigenvalue weighted by Crippen LogP contribution is -2.15. The second-order valence-corrected chi connectivity index (χ2v) is 4.45. The third-order valence-corrected chi connectivity index (χ3v) is 3.01. The van der Waals surface area contributed by atoms with Gasteiger partial charge in [-0.25, -0.2) is 0 Å². The molecule has 102 valence electrons. The standard InChI is InChI=1S/C16H16N2O2/c1-11(19)12-6-4-7-14(9-12)18-16(20)15-8-3-2-5-13(15)10-17/h2-9H,10,17H2,1H3,(H,18,20). The zero-order valence-electron chi connectivity index (χ0n) is 11.2. The van der Waals surface area contributed by atoms with Gasteiger partial charge in [0.1, 0.15) is 0 Å². The van der Waals surface area contributed by atoms with Crippen molar-refractivity contribution in [3.63, 3.8) is 0 Å². The molecular weight excluding hydrogens is 252 g/mol. The summed E-state index contributed by atoms with van der Waals surface area (Å²) < 4.78 is 0. The number of benzene rings is 2. The molecule has 0 aliphatic rings. The zero-order chi connectivity index (χ0) is 14.5. The Morgan fingerprint density at radius 3 is 2.55 bits per heavy atom. The van der Waals surface area contributed by atoms with E-state index in [1.165, 1.54) is 6.92 Å². The summed E-state index contributed by atoms with van der Waals surface area (Å²) in [6.07, 6.45) is 0. The Morgan fingerprint density at radius 2 is 1.85 bits per heavy atom. The number of hydrogen-bond donors (Lipinski definition) is 2. The van der Waals surface area contributed by atoms with E-state index in [2.05, 4.69) is 5.32 Å². The lowest BCUT2D eigenvalue weighted by molar-refractivity contribution is 0.101. The number of Topliss-reactive ketones (excluding diaryl/α,β-unsaturated/α-hetero) is 1. The third-order valence-electron chi connectivity index (χ3n) is 3.01. The minimum absolute atomic E-state index is 0.0385. The highest BCUT2D eigenvalue weighted by Crippen LogP contribution is 2.14. The van der Waals surface area contributed by atoms with Crippen LogP contribution in [0, 0.1) is 0 Å². The van der Waals surface area contributed by atoms with Gasteiger partial charge in [-0.1, -0.05) is 30.3 Å². The first kappa shape index (κ1) is 14.0. The van der Waals surface area contributed by atoms with Gasteiger partial charge in [-0.3, -0.25) is 9.59 Å². The summed E-state index contributed by atoms with van der Waals surface area (Å²) in [6, 6.07) is 14.0. The maximum atomic E-state index is 12.2. The average Bonchev–Trinajstić information content (AvgIpc) is 2.47. The zero-order valence-corrected chi connectivity index (χ0v) is 11.2. The Balaban J connectivity index is 2.23. The summed E-state index contributed by atoms with van der Waals surface area (Å²) in [4.78, 5) is 23.5. The van der Waals surface area contributed by atoms with Crippen molar-refractivity contribution in [2.45, 2.75) is 13.5 Å². The number of hydrogen-bond acceptors (Lipinski definition) is 3. The van der Waals surface area contributed by atoms with Crippen LogP contribution < -0.4 is 11.1 Å². The van der Waals surface area contributed by atoms with Crippen molar-refractivity contribution < 1.29 is 9.59 Å². The van der Waals surface area contributed by atoms with E-state index >= 15 is 0 Å². The molecule has 3 N–H and O–H groups in total. The largest absolute Gasteiger partial charge is 0.326 e. The number of rotatable bonds is 4. The fraction of sp³-hybridized carbons (Fsp3) is 0.125. The normalized spacial score (nSPS) is 10.1. The Bertz CT molecular complexity index is 650. The van der Waals surface area contributed by atoms with E-state index in [4.69, 9.17) is 5.73 Å². The molecule has 0 aliphatic heterocycles. The summed E-state index contributed by atoms with van der Waals surface area (Å²) in [6.45, 7) is 1.79. The van der Waals surface area contributed by atoms with E-state index in [-0.39, 0.29) is 11.7 Å². The quantitative estimate of drug-likeness (QED) is 0.837. The van der Waals surface area contributed by atoms with Crippen LogP contribution in [0.5, 0.6) is 0 Å². The molecule has 4 nitrogen and oxygen atoms in total. The number of nitrogens with one attached hydrogen (secondary N) is 1. The molecule has 0 aromatic heterocycles. The van der Waals surface area contributed by atoms with Crippen molar-refractivity contribution in [2.75, 3.05) is 5.32 Å². The molecule has 2 aromatic carbocycles. The molecule has 0 bridgehead atoms. The lowest BCUT2D eigenvalue weighted by Gasteiger charge is -2.09. The van der Waals surface area contributed by atoms with Crippen LogP contribution in [0.1, 0.15) is 33.2 Å². The third kappa shape index (κ3) is 3.10. The van der Waals surface area contributed by atoms with Gasteiger partial charge < -0.3 is 11.1 Å². The van der Waals surface area contributed by atoms with E-state index in [0.29, 0.717) is 23.4 Å². The number of ketones is 1. The number of carbonyl (C=O) groups is 2. The molecule has 0 aliphatic carbocycles. The first-order valence-corrected chi connectivity index (χ1v) is 6.32. The van der Waals surface area contributed by atoms with Crippen molar-refractivity contribution in [2.24, 2.45) is 5.73 Å². The van der Waals surface area contributed by atoms with E-state index in [0.717, 1.165) is 5.56 Å². The van der Waals surface area contributed by atoms with E-state index in [1.807, 2.05) is 12.1 Å².